The molecule has 0 saturated heterocycles. The zero-order valence-corrected chi connectivity index (χ0v) is 20.3. The summed E-state index contributed by atoms with van der Waals surface area (Å²) in [5.74, 6) is -0.429. The molecule has 172 valence electrons. The van der Waals surface area contributed by atoms with Gasteiger partial charge in [-0.15, -0.1) is 0 Å². The van der Waals surface area contributed by atoms with E-state index in [9.17, 15) is 9.59 Å². The minimum absolute atomic E-state index is 0.206. The molecule has 3 aromatic rings. The summed E-state index contributed by atoms with van der Waals surface area (Å²) in [7, 11) is 0. The number of anilines is 1. The fourth-order valence-corrected chi connectivity index (χ4v) is 4.19. The quantitative estimate of drug-likeness (QED) is 0.643. The summed E-state index contributed by atoms with van der Waals surface area (Å²) in [6.07, 6.45) is 0. The molecule has 33 heavy (non-hydrogen) atoms. The molecule has 0 saturated carbocycles. The Bertz CT molecular complexity index is 1210. The van der Waals surface area contributed by atoms with Crippen LogP contribution in [0, 0.1) is 13.8 Å². The SMILES string of the molecule is Cc1ccc(N2C(=O)c3cc(C(C)(C)C)nn3C[C@]2(C)C(=O)NCc2ccccc2)cc1C. The summed E-state index contributed by atoms with van der Waals surface area (Å²) in [6.45, 7) is 12.7. The molecule has 0 fully saturated rings. The molecule has 2 heterocycles. The second-order valence-corrected chi connectivity index (χ2v) is 10.2. The monoisotopic (exact) mass is 444 g/mol. The van der Waals surface area contributed by atoms with Crippen LogP contribution in [0.25, 0.3) is 0 Å². The zero-order valence-electron chi connectivity index (χ0n) is 20.3. The van der Waals surface area contributed by atoms with Crippen molar-refractivity contribution in [1.82, 2.24) is 15.1 Å². The first-order valence-corrected chi connectivity index (χ1v) is 11.3. The van der Waals surface area contributed by atoms with Crippen LogP contribution in [0.3, 0.4) is 0 Å². The molecule has 1 N–H and O–H groups in total. The lowest BCUT2D eigenvalue weighted by Crippen LogP contribution is -2.64. The van der Waals surface area contributed by atoms with E-state index in [4.69, 9.17) is 5.10 Å². The number of hydrogen-bond donors (Lipinski definition) is 1. The first kappa shape index (κ1) is 22.8. The predicted octanol–water partition coefficient (Wildman–Crippen LogP) is 4.53. The largest absolute Gasteiger partial charge is 0.350 e. The van der Waals surface area contributed by atoms with E-state index in [1.807, 2.05) is 75.4 Å². The smallest absolute Gasteiger partial charge is 0.277 e. The van der Waals surface area contributed by atoms with Gasteiger partial charge in [-0.25, -0.2) is 0 Å². The molecule has 1 atom stereocenters. The Hall–Kier alpha value is -3.41. The number of benzene rings is 2. The maximum Gasteiger partial charge on any atom is 0.277 e. The van der Waals surface area contributed by atoms with Crippen molar-refractivity contribution in [3.05, 3.63) is 82.7 Å². The van der Waals surface area contributed by atoms with Gasteiger partial charge in [-0.2, -0.15) is 5.10 Å². The topological polar surface area (TPSA) is 67.2 Å². The third kappa shape index (κ3) is 4.17. The van der Waals surface area contributed by atoms with Crippen molar-refractivity contribution in [2.45, 2.75) is 65.6 Å². The van der Waals surface area contributed by atoms with Crippen molar-refractivity contribution in [2.24, 2.45) is 0 Å². The number of carbonyl (C=O) groups is 2. The summed E-state index contributed by atoms with van der Waals surface area (Å²) in [6, 6.07) is 17.5. The lowest BCUT2D eigenvalue weighted by molar-refractivity contribution is -0.126. The minimum atomic E-state index is -1.14. The van der Waals surface area contributed by atoms with Crippen molar-refractivity contribution < 1.29 is 9.59 Å². The van der Waals surface area contributed by atoms with Gasteiger partial charge in [-0.05, 0) is 55.7 Å². The molecule has 6 nitrogen and oxygen atoms in total. The number of carbonyl (C=O) groups excluding carboxylic acids is 2. The predicted molar refractivity (Wildman–Crippen MR) is 130 cm³/mol. The Morgan fingerprint density at radius 1 is 1.06 bits per heavy atom. The average molecular weight is 445 g/mol. The van der Waals surface area contributed by atoms with Crippen molar-refractivity contribution in [3.8, 4) is 0 Å². The lowest BCUT2D eigenvalue weighted by atomic mass is 9.91. The molecule has 2 amide bonds. The van der Waals surface area contributed by atoms with E-state index in [0.717, 1.165) is 22.4 Å². The van der Waals surface area contributed by atoms with Crippen molar-refractivity contribution >= 4 is 17.5 Å². The molecule has 0 bridgehead atoms. The fraction of sp³-hybridized carbons (Fsp3) is 0.370. The Morgan fingerprint density at radius 3 is 2.39 bits per heavy atom. The maximum atomic E-state index is 13.8. The van der Waals surface area contributed by atoms with Crippen molar-refractivity contribution in [3.63, 3.8) is 0 Å². The van der Waals surface area contributed by atoms with Gasteiger partial charge < -0.3 is 5.32 Å². The molecule has 1 aromatic heterocycles. The first-order valence-electron chi connectivity index (χ1n) is 11.3. The standard InChI is InChI=1S/C27H32N4O2/c1-18-12-13-21(14-19(18)2)31-24(32)22-15-23(26(3,4)5)29-30(22)17-27(31,6)25(33)28-16-20-10-8-7-9-11-20/h7-15H,16-17H2,1-6H3,(H,28,33)/t27-/m1/s1. The van der Waals surface area contributed by atoms with Gasteiger partial charge in [-0.3, -0.25) is 19.2 Å². The van der Waals surface area contributed by atoms with Crippen molar-refractivity contribution in [1.29, 1.82) is 0 Å². The summed E-state index contributed by atoms with van der Waals surface area (Å²) >= 11 is 0. The maximum absolute atomic E-state index is 13.8. The van der Waals surface area contributed by atoms with E-state index in [2.05, 4.69) is 26.1 Å². The van der Waals surface area contributed by atoms with E-state index in [1.165, 1.54) is 0 Å². The van der Waals surface area contributed by atoms with Crippen LogP contribution in [0.5, 0.6) is 0 Å². The van der Waals surface area contributed by atoms with Crippen LogP contribution in [-0.4, -0.2) is 27.1 Å². The van der Waals surface area contributed by atoms with Crippen LogP contribution >= 0.6 is 0 Å². The van der Waals surface area contributed by atoms with Gasteiger partial charge in [0.2, 0.25) is 5.91 Å². The number of nitrogens with one attached hydrogen (secondary N) is 1. The van der Waals surface area contributed by atoms with Gasteiger partial charge in [-0.1, -0.05) is 57.2 Å². The van der Waals surface area contributed by atoms with Gasteiger partial charge in [0.1, 0.15) is 11.2 Å². The molecule has 1 aliphatic rings. The van der Waals surface area contributed by atoms with Crippen LogP contribution in [0.4, 0.5) is 5.69 Å². The fourth-order valence-electron chi connectivity index (χ4n) is 4.19. The van der Waals surface area contributed by atoms with E-state index in [0.29, 0.717) is 17.9 Å². The van der Waals surface area contributed by atoms with Crippen LogP contribution < -0.4 is 10.2 Å². The van der Waals surface area contributed by atoms with Gasteiger partial charge in [0.15, 0.2) is 0 Å². The summed E-state index contributed by atoms with van der Waals surface area (Å²) in [4.78, 5) is 29.1. The van der Waals surface area contributed by atoms with E-state index in [1.54, 1.807) is 9.58 Å². The molecule has 0 unspecified atom stereocenters. The van der Waals surface area contributed by atoms with Gasteiger partial charge in [0, 0.05) is 17.6 Å². The Labute approximate surface area is 195 Å². The second-order valence-electron chi connectivity index (χ2n) is 10.2. The number of amides is 2. The minimum Gasteiger partial charge on any atom is -0.350 e. The highest BCUT2D eigenvalue weighted by Gasteiger charge is 2.49. The zero-order chi connectivity index (χ0) is 24.0. The van der Waals surface area contributed by atoms with E-state index in [-0.39, 0.29) is 23.8 Å². The van der Waals surface area contributed by atoms with Crippen LogP contribution in [0.2, 0.25) is 0 Å². The van der Waals surface area contributed by atoms with E-state index < -0.39 is 5.54 Å². The summed E-state index contributed by atoms with van der Waals surface area (Å²) < 4.78 is 1.70. The number of fused-ring (bicyclic) bond motifs is 1. The molecule has 1 aliphatic heterocycles. The second kappa shape index (κ2) is 8.18. The van der Waals surface area contributed by atoms with Crippen molar-refractivity contribution in [2.75, 3.05) is 4.90 Å². The molecule has 0 radical (unpaired) electrons. The lowest BCUT2D eigenvalue weighted by Gasteiger charge is -2.43. The molecule has 0 aliphatic carbocycles. The highest BCUT2D eigenvalue weighted by atomic mass is 16.2. The Kier molecular flexibility index (Phi) is 5.64. The third-order valence-electron chi connectivity index (χ3n) is 6.46. The van der Waals surface area contributed by atoms with Gasteiger partial charge in [0.05, 0.1) is 12.2 Å². The highest BCUT2D eigenvalue weighted by Crippen LogP contribution is 2.35. The molecular formula is C27H32N4O2. The number of aromatic nitrogens is 2. The third-order valence-corrected chi connectivity index (χ3v) is 6.46. The van der Waals surface area contributed by atoms with E-state index >= 15 is 0 Å². The van der Waals surface area contributed by atoms with Crippen LogP contribution in [0.15, 0.2) is 54.6 Å². The number of rotatable bonds is 4. The van der Waals surface area contributed by atoms with Crippen LogP contribution in [0.1, 0.15) is 60.6 Å². The van der Waals surface area contributed by atoms with Crippen LogP contribution in [-0.2, 0) is 23.3 Å². The molecule has 0 spiro atoms. The molecule has 4 rings (SSSR count). The first-order chi connectivity index (χ1) is 15.5. The number of aryl methyl sites for hydroxylation is 2. The average Bonchev–Trinajstić information content (AvgIpc) is 3.20. The highest BCUT2D eigenvalue weighted by molar-refractivity contribution is 6.11. The van der Waals surface area contributed by atoms with Gasteiger partial charge in [0.25, 0.3) is 5.91 Å². The Morgan fingerprint density at radius 2 is 1.76 bits per heavy atom. The number of hydrogen-bond acceptors (Lipinski definition) is 3. The number of nitrogens with zero attached hydrogens (tertiary/aromatic N) is 3. The molecular weight excluding hydrogens is 412 g/mol. The normalized spacial score (nSPS) is 18.2. The Balaban J connectivity index is 1.77. The molecule has 2 aromatic carbocycles. The summed E-state index contributed by atoms with van der Waals surface area (Å²) in [5, 5.41) is 7.77. The van der Waals surface area contributed by atoms with Gasteiger partial charge >= 0.3 is 0 Å². The molecule has 6 heteroatoms. The summed E-state index contributed by atoms with van der Waals surface area (Å²) in [5.41, 5.74) is 3.92.